The fourth-order valence-electron chi connectivity index (χ4n) is 2.35. The van der Waals surface area contributed by atoms with Gasteiger partial charge in [0.25, 0.3) is 0 Å². The Kier molecular flexibility index (Phi) is 6.63. The zero-order valence-electron chi connectivity index (χ0n) is 14.4. The van der Waals surface area contributed by atoms with Gasteiger partial charge in [-0.05, 0) is 25.1 Å². The van der Waals surface area contributed by atoms with E-state index in [-0.39, 0.29) is 30.4 Å². The molecule has 0 aliphatic rings. The van der Waals surface area contributed by atoms with Crippen molar-refractivity contribution in [3.63, 3.8) is 0 Å². The molecule has 26 heavy (non-hydrogen) atoms. The van der Waals surface area contributed by atoms with Gasteiger partial charge in [0.1, 0.15) is 0 Å². The van der Waals surface area contributed by atoms with E-state index in [0.717, 1.165) is 0 Å². The maximum absolute atomic E-state index is 12.2. The minimum Gasteiger partial charge on any atom is -0.346 e. The third kappa shape index (κ3) is 5.56. The van der Waals surface area contributed by atoms with E-state index >= 15 is 0 Å². The van der Waals surface area contributed by atoms with E-state index in [4.69, 9.17) is 5.26 Å². The number of ketones is 1. The Hall–Kier alpha value is -3.46. The number of carbonyl (C=O) groups is 3. The van der Waals surface area contributed by atoms with Crippen molar-refractivity contribution in [1.29, 1.82) is 5.26 Å². The van der Waals surface area contributed by atoms with Crippen molar-refractivity contribution in [2.75, 3.05) is 5.32 Å². The second kappa shape index (κ2) is 9.14. The molecule has 0 bridgehead atoms. The van der Waals surface area contributed by atoms with Crippen LogP contribution in [0.1, 0.15) is 35.7 Å². The lowest BCUT2D eigenvalue weighted by atomic mass is 10.1. The number of hydrogen-bond donors (Lipinski definition) is 2. The van der Waals surface area contributed by atoms with Crippen molar-refractivity contribution in [3.8, 4) is 6.07 Å². The van der Waals surface area contributed by atoms with E-state index in [9.17, 15) is 14.4 Å². The average molecular weight is 349 g/mol. The van der Waals surface area contributed by atoms with E-state index in [1.807, 2.05) is 12.1 Å². The van der Waals surface area contributed by atoms with Crippen LogP contribution < -0.4 is 10.6 Å². The molecule has 2 amide bonds. The lowest BCUT2D eigenvalue weighted by Gasteiger charge is -2.13. The van der Waals surface area contributed by atoms with Gasteiger partial charge >= 0.3 is 0 Å². The number of carbonyl (C=O) groups excluding carboxylic acids is 3. The fourth-order valence-corrected chi connectivity index (χ4v) is 2.35. The molecule has 0 spiro atoms. The van der Waals surface area contributed by atoms with E-state index in [1.165, 1.54) is 0 Å². The van der Waals surface area contributed by atoms with Crippen molar-refractivity contribution in [2.24, 2.45) is 0 Å². The van der Waals surface area contributed by atoms with Gasteiger partial charge < -0.3 is 10.6 Å². The van der Waals surface area contributed by atoms with Crippen LogP contribution in [-0.4, -0.2) is 23.6 Å². The first-order valence-corrected chi connectivity index (χ1v) is 8.18. The molecule has 2 aromatic rings. The second-order valence-electron chi connectivity index (χ2n) is 5.76. The molecule has 0 saturated heterocycles. The lowest BCUT2D eigenvalue weighted by Crippen LogP contribution is -2.38. The van der Waals surface area contributed by atoms with Gasteiger partial charge in [-0.3, -0.25) is 14.4 Å². The van der Waals surface area contributed by atoms with Crippen LogP contribution in [0.15, 0.2) is 54.6 Å². The molecule has 0 radical (unpaired) electrons. The van der Waals surface area contributed by atoms with Crippen molar-refractivity contribution < 1.29 is 14.4 Å². The number of nitrogens with one attached hydrogen (secondary N) is 2. The highest BCUT2D eigenvalue weighted by Crippen LogP contribution is 2.10. The van der Waals surface area contributed by atoms with E-state index < -0.39 is 6.04 Å². The van der Waals surface area contributed by atoms with Crippen LogP contribution in [-0.2, 0) is 9.59 Å². The minimum atomic E-state index is -0.666. The average Bonchev–Trinajstić information content (AvgIpc) is 2.66. The van der Waals surface area contributed by atoms with Crippen molar-refractivity contribution in [1.82, 2.24) is 5.32 Å². The van der Waals surface area contributed by atoms with E-state index in [2.05, 4.69) is 10.6 Å². The normalized spacial score (nSPS) is 11.1. The Morgan fingerprint density at radius 2 is 1.69 bits per heavy atom. The van der Waals surface area contributed by atoms with Gasteiger partial charge in [-0.25, -0.2) is 0 Å². The maximum atomic E-state index is 12.2. The van der Waals surface area contributed by atoms with Crippen LogP contribution in [0.4, 0.5) is 5.69 Å². The number of rotatable bonds is 7. The first-order chi connectivity index (χ1) is 12.5. The van der Waals surface area contributed by atoms with Crippen LogP contribution >= 0.6 is 0 Å². The topological polar surface area (TPSA) is 99.1 Å². The quantitative estimate of drug-likeness (QED) is 0.751. The van der Waals surface area contributed by atoms with Crippen LogP contribution in [0.25, 0.3) is 0 Å². The van der Waals surface area contributed by atoms with E-state index in [0.29, 0.717) is 16.8 Å². The third-order valence-corrected chi connectivity index (χ3v) is 3.68. The molecule has 2 N–H and O–H groups in total. The summed E-state index contributed by atoms with van der Waals surface area (Å²) in [5.41, 5.74) is 1.46. The summed E-state index contributed by atoms with van der Waals surface area (Å²) >= 11 is 0. The maximum Gasteiger partial charge on any atom is 0.224 e. The highest BCUT2D eigenvalue weighted by molar-refractivity contribution is 6.02. The largest absolute Gasteiger partial charge is 0.346 e. The molecule has 1 unspecified atom stereocenters. The van der Waals surface area contributed by atoms with E-state index in [1.54, 1.807) is 55.5 Å². The summed E-state index contributed by atoms with van der Waals surface area (Å²) in [6.07, 6.45) is -0.0505. The molecule has 2 rings (SSSR count). The van der Waals surface area contributed by atoms with Crippen LogP contribution in [0.3, 0.4) is 0 Å². The van der Waals surface area contributed by atoms with Gasteiger partial charge in [-0.1, -0.05) is 36.4 Å². The number of hydrogen-bond acceptors (Lipinski definition) is 4. The summed E-state index contributed by atoms with van der Waals surface area (Å²) < 4.78 is 0. The number of nitriles is 1. The zero-order chi connectivity index (χ0) is 18.9. The fraction of sp³-hybridized carbons (Fsp3) is 0.200. The molecule has 0 aliphatic carbocycles. The molecule has 0 aromatic heterocycles. The SMILES string of the molecule is CC(NC(=O)CCC(=O)Nc1cccc(C#N)c1)C(=O)c1ccccc1. The minimum absolute atomic E-state index is 0.0190. The van der Waals surface area contributed by atoms with Gasteiger partial charge in [0, 0.05) is 24.1 Å². The Balaban J connectivity index is 1.79. The highest BCUT2D eigenvalue weighted by atomic mass is 16.2. The monoisotopic (exact) mass is 349 g/mol. The van der Waals surface area contributed by atoms with Gasteiger partial charge in [-0.2, -0.15) is 5.26 Å². The first kappa shape index (κ1) is 18.9. The highest BCUT2D eigenvalue weighted by Gasteiger charge is 2.17. The van der Waals surface area contributed by atoms with Gasteiger partial charge in [0.05, 0.1) is 17.7 Å². The Bertz CT molecular complexity index is 841. The predicted molar refractivity (Wildman–Crippen MR) is 97.4 cm³/mol. The van der Waals surface area contributed by atoms with Gasteiger partial charge in [0.2, 0.25) is 11.8 Å². The summed E-state index contributed by atoms with van der Waals surface area (Å²) in [4.78, 5) is 36.1. The summed E-state index contributed by atoms with van der Waals surface area (Å²) in [6, 6.07) is 16.5. The van der Waals surface area contributed by atoms with Crippen LogP contribution in [0, 0.1) is 11.3 Å². The number of benzene rings is 2. The standard InChI is InChI=1S/C20H19N3O3/c1-14(20(26)16-7-3-2-4-8-16)22-18(24)10-11-19(25)23-17-9-5-6-15(12-17)13-21/h2-9,12,14H,10-11H2,1H3,(H,22,24)(H,23,25). The molecule has 0 saturated carbocycles. The first-order valence-electron chi connectivity index (χ1n) is 8.18. The number of nitrogens with zero attached hydrogens (tertiary/aromatic N) is 1. The molecule has 0 aliphatic heterocycles. The molecule has 0 heterocycles. The lowest BCUT2D eigenvalue weighted by molar-refractivity contribution is -0.124. The summed E-state index contributed by atoms with van der Waals surface area (Å²) in [7, 11) is 0. The molecular weight excluding hydrogens is 330 g/mol. The molecule has 6 nitrogen and oxygen atoms in total. The van der Waals surface area contributed by atoms with Crippen molar-refractivity contribution in [2.45, 2.75) is 25.8 Å². The number of Topliss-reactive ketones (excluding diaryl/α,β-unsaturated/α-hetero) is 1. The van der Waals surface area contributed by atoms with Crippen molar-refractivity contribution >= 4 is 23.3 Å². The zero-order valence-corrected chi connectivity index (χ0v) is 14.4. The third-order valence-electron chi connectivity index (χ3n) is 3.68. The van der Waals surface area contributed by atoms with Gasteiger partial charge in [-0.15, -0.1) is 0 Å². The second-order valence-corrected chi connectivity index (χ2v) is 5.76. The molecule has 6 heteroatoms. The number of amides is 2. The number of anilines is 1. The molecule has 132 valence electrons. The Morgan fingerprint density at radius 3 is 2.38 bits per heavy atom. The Morgan fingerprint density at radius 1 is 1.00 bits per heavy atom. The molecule has 2 aromatic carbocycles. The van der Waals surface area contributed by atoms with Gasteiger partial charge in [0.15, 0.2) is 5.78 Å². The van der Waals surface area contributed by atoms with Crippen LogP contribution in [0.5, 0.6) is 0 Å². The smallest absolute Gasteiger partial charge is 0.224 e. The summed E-state index contributed by atoms with van der Waals surface area (Å²) in [5.74, 6) is -0.892. The molecular formula is C20H19N3O3. The summed E-state index contributed by atoms with van der Waals surface area (Å²) in [6.45, 7) is 1.61. The Labute approximate surface area is 151 Å². The molecule has 0 fully saturated rings. The van der Waals surface area contributed by atoms with Crippen LogP contribution in [0.2, 0.25) is 0 Å². The van der Waals surface area contributed by atoms with Crippen molar-refractivity contribution in [3.05, 3.63) is 65.7 Å². The summed E-state index contributed by atoms with van der Waals surface area (Å²) in [5, 5.41) is 14.1. The predicted octanol–water partition coefficient (Wildman–Crippen LogP) is 2.66. The molecule has 1 atom stereocenters.